The van der Waals surface area contributed by atoms with Gasteiger partial charge in [-0.1, -0.05) is 23.8 Å². The van der Waals surface area contributed by atoms with Crippen molar-refractivity contribution in [1.82, 2.24) is 0 Å². The second kappa shape index (κ2) is 4.48. The van der Waals surface area contributed by atoms with Crippen LogP contribution in [0.1, 0.15) is 37.3 Å². The van der Waals surface area contributed by atoms with E-state index < -0.39 is 5.54 Å². The summed E-state index contributed by atoms with van der Waals surface area (Å²) in [7, 11) is 0. The molecule has 0 atom stereocenters. The van der Waals surface area contributed by atoms with Crippen LogP contribution in [0, 0.1) is 0 Å². The highest BCUT2D eigenvalue weighted by Crippen LogP contribution is 2.45. The molecular weight excluding hydrogens is 234 g/mol. The van der Waals surface area contributed by atoms with E-state index in [9.17, 15) is 4.79 Å². The highest BCUT2D eigenvalue weighted by atomic mass is 35.5. The highest BCUT2D eigenvalue weighted by Gasteiger charge is 2.39. The lowest BCUT2D eigenvalue weighted by Gasteiger charge is -2.37. The molecule has 1 fully saturated rings. The number of hydrogen-bond acceptors (Lipinski definition) is 2. The van der Waals surface area contributed by atoms with Crippen molar-refractivity contribution in [2.45, 2.75) is 31.7 Å². The Balaban J connectivity index is 2.51. The summed E-state index contributed by atoms with van der Waals surface area (Å²) in [4.78, 5) is 14.5. The first-order valence-electron chi connectivity index (χ1n) is 5.63. The van der Waals surface area contributed by atoms with Gasteiger partial charge in [-0.05, 0) is 55.5 Å². The van der Waals surface area contributed by atoms with E-state index in [0.717, 1.165) is 36.0 Å². The smallest absolute Gasteiger partial charge is 0.211 e. The van der Waals surface area contributed by atoms with Crippen LogP contribution in [0.15, 0.2) is 29.8 Å². The second-order valence-corrected chi connectivity index (χ2v) is 5.03. The summed E-state index contributed by atoms with van der Waals surface area (Å²) >= 11 is 6.10. The van der Waals surface area contributed by atoms with Gasteiger partial charge in [0.2, 0.25) is 6.08 Å². The number of aliphatic imine (C=N–C) groups is 1. The van der Waals surface area contributed by atoms with Crippen LogP contribution in [0.2, 0.25) is 5.02 Å². The summed E-state index contributed by atoms with van der Waals surface area (Å²) in [6.45, 7) is 5.85. The van der Waals surface area contributed by atoms with Crippen LogP contribution in [0.25, 0.3) is 5.57 Å². The molecule has 0 bridgehead atoms. The van der Waals surface area contributed by atoms with Gasteiger partial charge in [0, 0.05) is 5.02 Å². The second-order valence-electron chi connectivity index (χ2n) is 4.60. The van der Waals surface area contributed by atoms with Crippen LogP contribution in [0.5, 0.6) is 0 Å². The van der Waals surface area contributed by atoms with Gasteiger partial charge in [-0.2, -0.15) is 4.99 Å². The summed E-state index contributed by atoms with van der Waals surface area (Å²) in [6, 6.07) is 5.78. The van der Waals surface area contributed by atoms with Crippen molar-refractivity contribution in [3.8, 4) is 0 Å². The molecule has 0 amide bonds. The van der Waals surface area contributed by atoms with E-state index in [-0.39, 0.29) is 0 Å². The van der Waals surface area contributed by atoms with Crippen LogP contribution in [0.4, 0.5) is 0 Å². The van der Waals surface area contributed by atoms with Gasteiger partial charge in [-0.15, -0.1) is 0 Å². The zero-order valence-electron chi connectivity index (χ0n) is 9.79. The molecule has 0 aliphatic heterocycles. The Labute approximate surface area is 106 Å². The predicted molar refractivity (Wildman–Crippen MR) is 69.8 cm³/mol. The maximum atomic E-state index is 10.5. The average Bonchev–Trinajstić information content (AvgIpc) is 2.22. The Morgan fingerprint density at radius 1 is 1.47 bits per heavy atom. The molecular formula is C14H14ClNO. The molecule has 0 unspecified atom stereocenters. The van der Waals surface area contributed by atoms with Crippen molar-refractivity contribution < 1.29 is 4.79 Å². The predicted octanol–water partition coefficient (Wildman–Crippen LogP) is 4.09. The molecule has 1 aromatic rings. The van der Waals surface area contributed by atoms with Crippen LogP contribution in [0.3, 0.4) is 0 Å². The van der Waals surface area contributed by atoms with Crippen molar-refractivity contribution in [2.24, 2.45) is 4.99 Å². The highest BCUT2D eigenvalue weighted by molar-refractivity contribution is 6.30. The molecule has 0 radical (unpaired) electrons. The first-order chi connectivity index (χ1) is 8.07. The lowest BCUT2D eigenvalue weighted by atomic mass is 9.72. The Kier molecular flexibility index (Phi) is 3.19. The van der Waals surface area contributed by atoms with E-state index in [1.54, 1.807) is 6.08 Å². The SMILES string of the molecule is C=C(C)c1cc(Cl)cc(C2(N=C=O)CCC2)c1. The van der Waals surface area contributed by atoms with Gasteiger partial charge in [0.15, 0.2) is 0 Å². The van der Waals surface area contributed by atoms with Crippen LogP contribution >= 0.6 is 11.6 Å². The molecule has 0 saturated heterocycles. The molecule has 1 aliphatic carbocycles. The lowest BCUT2D eigenvalue weighted by Crippen LogP contribution is -2.31. The molecule has 0 N–H and O–H groups in total. The molecule has 0 spiro atoms. The Hall–Kier alpha value is -1.37. The van der Waals surface area contributed by atoms with Gasteiger partial charge >= 0.3 is 0 Å². The molecule has 1 aromatic carbocycles. The Morgan fingerprint density at radius 2 is 2.18 bits per heavy atom. The van der Waals surface area contributed by atoms with Crippen LogP contribution in [-0.2, 0) is 10.3 Å². The largest absolute Gasteiger partial charge is 0.235 e. The summed E-state index contributed by atoms with van der Waals surface area (Å²) in [6.07, 6.45) is 4.54. The van der Waals surface area contributed by atoms with Crippen molar-refractivity contribution in [2.75, 3.05) is 0 Å². The van der Waals surface area contributed by atoms with E-state index in [1.807, 2.05) is 25.1 Å². The number of carbonyl (C=O) groups excluding carboxylic acids is 1. The first-order valence-corrected chi connectivity index (χ1v) is 6.01. The fraction of sp³-hybridized carbons (Fsp3) is 0.357. The summed E-state index contributed by atoms with van der Waals surface area (Å²) in [5.74, 6) is 0. The molecule has 0 aromatic heterocycles. The zero-order valence-corrected chi connectivity index (χ0v) is 10.5. The molecule has 2 nitrogen and oxygen atoms in total. The monoisotopic (exact) mass is 247 g/mol. The maximum Gasteiger partial charge on any atom is 0.235 e. The zero-order chi connectivity index (χ0) is 12.5. The van der Waals surface area contributed by atoms with Crippen molar-refractivity contribution in [1.29, 1.82) is 0 Å². The first kappa shape index (κ1) is 12.1. The summed E-state index contributed by atoms with van der Waals surface area (Å²) in [5.41, 5.74) is 2.56. The topological polar surface area (TPSA) is 29.4 Å². The van der Waals surface area contributed by atoms with Crippen LogP contribution in [-0.4, -0.2) is 6.08 Å². The summed E-state index contributed by atoms with van der Waals surface area (Å²) in [5, 5.41) is 0.660. The quantitative estimate of drug-likeness (QED) is 0.584. The number of allylic oxidation sites excluding steroid dienone is 1. The van der Waals surface area contributed by atoms with E-state index in [1.165, 1.54) is 0 Å². The van der Waals surface area contributed by atoms with E-state index in [2.05, 4.69) is 11.6 Å². The third-order valence-corrected chi connectivity index (χ3v) is 3.59. The van der Waals surface area contributed by atoms with Gasteiger partial charge in [0.1, 0.15) is 0 Å². The van der Waals surface area contributed by atoms with E-state index in [0.29, 0.717) is 5.02 Å². The molecule has 0 heterocycles. The van der Waals surface area contributed by atoms with Crippen molar-refractivity contribution in [3.05, 3.63) is 40.9 Å². The molecule has 3 heteroatoms. The fourth-order valence-corrected chi connectivity index (χ4v) is 2.40. The van der Waals surface area contributed by atoms with Gasteiger partial charge in [0.25, 0.3) is 0 Å². The normalized spacial score (nSPS) is 16.8. The molecule has 17 heavy (non-hydrogen) atoms. The number of nitrogens with zero attached hydrogens (tertiary/aromatic N) is 1. The molecule has 1 saturated carbocycles. The average molecular weight is 248 g/mol. The Morgan fingerprint density at radius 3 is 2.65 bits per heavy atom. The molecule has 88 valence electrons. The fourth-order valence-electron chi connectivity index (χ4n) is 2.17. The van der Waals surface area contributed by atoms with E-state index >= 15 is 0 Å². The molecule has 1 aliphatic rings. The standard InChI is InChI=1S/C14H14ClNO/c1-10(2)11-6-12(8-13(15)7-11)14(16-9-17)4-3-5-14/h6-8H,1,3-5H2,2H3. The molecule has 2 rings (SSSR count). The minimum atomic E-state index is -0.392. The number of hydrogen-bond donors (Lipinski definition) is 0. The van der Waals surface area contributed by atoms with Crippen molar-refractivity contribution in [3.63, 3.8) is 0 Å². The van der Waals surface area contributed by atoms with Crippen molar-refractivity contribution >= 4 is 23.3 Å². The van der Waals surface area contributed by atoms with E-state index in [4.69, 9.17) is 11.6 Å². The number of benzene rings is 1. The third-order valence-electron chi connectivity index (χ3n) is 3.37. The Bertz CT molecular complexity index is 511. The minimum Gasteiger partial charge on any atom is -0.211 e. The minimum absolute atomic E-state index is 0.392. The third kappa shape index (κ3) is 2.19. The number of rotatable bonds is 3. The maximum absolute atomic E-state index is 10.5. The van der Waals surface area contributed by atoms with Gasteiger partial charge < -0.3 is 0 Å². The van der Waals surface area contributed by atoms with Gasteiger partial charge in [-0.25, -0.2) is 4.79 Å². The number of halogens is 1. The lowest BCUT2D eigenvalue weighted by molar-refractivity contribution is 0.256. The number of isocyanates is 1. The van der Waals surface area contributed by atoms with Gasteiger partial charge in [-0.3, -0.25) is 0 Å². The van der Waals surface area contributed by atoms with Gasteiger partial charge in [0.05, 0.1) is 5.54 Å². The van der Waals surface area contributed by atoms with Crippen LogP contribution < -0.4 is 0 Å². The summed E-state index contributed by atoms with van der Waals surface area (Å²) < 4.78 is 0.